The van der Waals surface area contributed by atoms with Gasteiger partial charge in [-0.1, -0.05) is 6.92 Å². The van der Waals surface area contributed by atoms with Crippen molar-refractivity contribution in [1.29, 1.82) is 0 Å². The highest BCUT2D eigenvalue weighted by Crippen LogP contribution is 2.31. The van der Waals surface area contributed by atoms with Gasteiger partial charge in [0.05, 0.1) is 17.3 Å². The van der Waals surface area contributed by atoms with E-state index < -0.39 is 23.3 Å². The second kappa shape index (κ2) is 7.86. The minimum absolute atomic E-state index is 0. The molecule has 1 aliphatic rings. The summed E-state index contributed by atoms with van der Waals surface area (Å²) in [6.45, 7) is 4.35. The first-order valence-electron chi connectivity index (χ1n) is 9.80. The molecule has 1 unspecified atom stereocenters. The largest absolute Gasteiger partial charge is 0.396 e. The van der Waals surface area contributed by atoms with Gasteiger partial charge in [0.25, 0.3) is 0 Å². The fourth-order valence-corrected chi connectivity index (χ4v) is 3.75. The number of halogens is 2. The predicted octanol–water partition coefficient (Wildman–Crippen LogP) is 2.19. The molecule has 0 bridgehead atoms. The lowest BCUT2D eigenvalue weighted by atomic mass is 9.83. The van der Waals surface area contributed by atoms with E-state index in [0.29, 0.717) is 29.8 Å². The summed E-state index contributed by atoms with van der Waals surface area (Å²) >= 11 is 0. The van der Waals surface area contributed by atoms with Gasteiger partial charge in [0, 0.05) is 54.1 Å². The maximum Gasteiger partial charge on any atom is 0.181 e. The van der Waals surface area contributed by atoms with Gasteiger partial charge < -0.3 is 20.4 Å². The van der Waals surface area contributed by atoms with Crippen LogP contribution >= 0.6 is 0 Å². The van der Waals surface area contributed by atoms with Crippen LogP contribution in [-0.2, 0) is 0 Å². The summed E-state index contributed by atoms with van der Waals surface area (Å²) in [7, 11) is 0. The zero-order valence-electron chi connectivity index (χ0n) is 16.7. The van der Waals surface area contributed by atoms with Gasteiger partial charge >= 0.3 is 0 Å². The van der Waals surface area contributed by atoms with E-state index in [2.05, 4.69) is 25.5 Å². The van der Waals surface area contributed by atoms with Crippen molar-refractivity contribution >= 4 is 16.9 Å². The first-order chi connectivity index (χ1) is 14.3. The summed E-state index contributed by atoms with van der Waals surface area (Å²) in [5.41, 5.74) is -0.536. The topological polar surface area (TPSA) is 110 Å². The number of nitrogens with zero attached hydrogens (tertiary/aromatic N) is 4. The van der Waals surface area contributed by atoms with Crippen LogP contribution in [0.3, 0.4) is 0 Å². The number of pyridine rings is 2. The van der Waals surface area contributed by atoms with Crippen molar-refractivity contribution in [2.45, 2.75) is 25.5 Å². The summed E-state index contributed by atoms with van der Waals surface area (Å²) < 4.78 is 29.4. The number of aliphatic hydroxyl groups is 2. The second-order valence-corrected chi connectivity index (χ2v) is 7.86. The van der Waals surface area contributed by atoms with E-state index in [1.807, 2.05) is 0 Å². The van der Waals surface area contributed by atoms with Crippen molar-refractivity contribution in [2.75, 3.05) is 31.1 Å². The Morgan fingerprint density at radius 1 is 1.40 bits per heavy atom. The first kappa shape index (κ1) is 20.6. The van der Waals surface area contributed by atoms with Crippen LogP contribution in [0.4, 0.5) is 14.6 Å². The fourth-order valence-electron chi connectivity index (χ4n) is 3.75. The summed E-state index contributed by atoms with van der Waals surface area (Å²) in [5.74, 6) is -1.98. The molecule has 3 aromatic rings. The van der Waals surface area contributed by atoms with E-state index in [1.165, 1.54) is 0 Å². The molecule has 1 saturated heterocycles. The Morgan fingerprint density at radius 2 is 2.20 bits per heavy atom. The Labute approximate surface area is 176 Å². The number of aliphatic hydroxyl groups excluding tert-OH is 1. The van der Waals surface area contributed by atoms with E-state index >= 15 is 0 Å². The highest BCUT2D eigenvalue weighted by Gasteiger charge is 2.40. The van der Waals surface area contributed by atoms with E-state index in [-0.39, 0.29) is 34.9 Å². The van der Waals surface area contributed by atoms with Crippen LogP contribution in [0, 0.1) is 17.6 Å². The van der Waals surface area contributed by atoms with Gasteiger partial charge in [-0.2, -0.15) is 5.10 Å². The highest BCUT2D eigenvalue weighted by molar-refractivity contribution is 5.89. The molecule has 8 nitrogen and oxygen atoms in total. The predicted molar refractivity (Wildman–Crippen MR) is 114 cm³/mol. The van der Waals surface area contributed by atoms with Crippen molar-refractivity contribution in [3.8, 4) is 11.4 Å². The van der Waals surface area contributed by atoms with Crippen molar-refractivity contribution in [1.82, 2.24) is 25.5 Å². The van der Waals surface area contributed by atoms with Crippen molar-refractivity contribution in [3.63, 3.8) is 0 Å². The first-order valence-corrected chi connectivity index (χ1v) is 9.80. The lowest BCUT2D eigenvalue weighted by molar-refractivity contribution is -0.0469. The Morgan fingerprint density at radius 3 is 2.97 bits per heavy atom. The maximum atomic E-state index is 14.7. The number of anilines is 1. The van der Waals surface area contributed by atoms with Crippen LogP contribution in [0.1, 0.15) is 18.1 Å². The molecule has 4 heterocycles. The molecule has 0 aromatic carbocycles. The van der Waals surface area contributed by atoms with E-state index in [9.17, 15) is 19.0 Å². The molecule has 4 N–H and O–H groups in total. The molecule has 4 rings (SSSR count). The van der Waals surface area contributed by atoms with Crippen LogP contribution in [0.2, 0.25) is 0 Å². The number of nitrogens with one attached hydrogen (secondary N) is 2. The van der Waals surface area contributed by atoms with Gasteiger partial charge in [-0.15, -0.1) is 0 Å². The van der Waals surface area contributed by atoms with E-state index in [4.69, 9.17) is 0 Å². The number of aromatic amines is 1. The zero-order chi connectivity index (χ0) is 21.5. The molecule has 0 aliphatic carbocycles. The van der Waals surface area contributed by atoms with Crippen LogP contribution in [-0.4, -0.2) is 68.3 Å². The third-order valence-electron chi connectivity index (χ3n) is 5.93. The molecule has 0 spiro atoms. The standard InChI is InChI=1S/C20H24F2N6O2.3H2/c1-11(10-29)20(2,30)15-9-28(7-6-23-15)19-14(22)8-13(21)17(25-19)16-12-4-3-5-24-18(12)27-26-16;;;/h3-5,8,11,15,23,29-30H,6-7,9-10H2,1-2H3,(H,24,26,27);3*1H/t11?,15-,20+;;;/m0.../s1. The molecule has 30 heavy (non-hydrogen) atoms. The third kappa shape index (κ3) is 3.51. The van der Waals surface area contributed by atoms with Crippen molar-refractivity contribution in [2.24, 2.45) is 5.92 Å². The Hall–Kier alpha value is -2.69. The number of H-pyrrole nitrogens is 1. The SMILES string of the molecule is CC(CO)[C@@](C)(O)[C@@H]1CN(c2nc(-c3[nH]nc4ncccc34)c(F)cc2F)CCN1.[HH].[HH].[HH]. The molecule has 166 valence electrons. The lowest BCUT2D eigenvalue weighted by Gasteiger charge is -2.44. The lowest BCUT2D eigenvalue weighted by Crippen LogP contribution is -2.63. The van der Waals surface area contributed by atoms with E-state index in [0.717, 1.165) is 6.07 Å². The smallest absolute Gasteiger partial charge is 0.181 e. The number of rotatable bonds is 5. The van der Waals surface area contributed by atoms with Crippen molar-refractivity contribution in [3.05, 3.63) is 36.0 Å². The van der Waals surface area contributed by atoms with Gasteiger partial charge in [-0.3, -0.25) is 5.10 Å². The van der Waals surface area contributed by atoms with Gasteiger partial charge in [-0.25, -0.2) is 18.7 Å². The van der Waals surface area contributed by atoms with Crippen LogP contribution in [0.5, 0.6) is 0 Å². The summed E-state index contributed by atoms with van der Waals surface area (Å²) in [6.07, 6.45) is 1.58. The highest BCUT2D eigenvalue weighted by atomic mass is 19.1. The molecule has 0 radical (unpaired) electrons. The van der Waals surface area contributed by atoms with Gasteiger partial charge in [0.1, 0.15) is 5.69 Å². The maximum absolute atomic E-state index is 14.7. The Kier molecular flexibility index (Phi) is 5.39. The average Bonchev–Trinajstić information content (AvgIpc) is 3.17. The normalized spacial score (nSPS) is 20.3. The van der Waals surface area contributed by atoms with Crippen LogP contribution in [0.25, 0.3) is 22.4 Å². The number of hydrogen-bond donors (Lipinski definition) is 4. The van der Waals surface area contributed by atoms with Gasteiger partial charge in [0.2, 0.25) is 0 Å². The molecule has 0 amide bonds. The zero-order valence-corrected chi connectivity index (χ0v) is 16.7. The minimum atomic E-state index is -1.22. The third-order valence-corrected chi connectivity index (χ3v) is 5.93. The number of piperazine rings is 1. The quantitative estimate of drug-likeness (QED) is 0.497. The Bertz CT molecular complexity index is 1070. The molecule has 10 heteroatoms. The molecular weight excluding hydrogens is 394 g/mol. The minimum Gasteiger partial charge on any atom is -0.396 e. The van der Waals surface area contributed by atoms with Crippen LogP contribution < -0.4 is 10.2 Å². The fraction of sp³-hybridized carbons (Fsp3) is 0.450. The summed E-state index contributed by atoms with van der Waals surface area (Å²) in [6, 6.07) is 3.82. The van der Waals surface area contributed by atoms with E-state index in [1.54, 1.807) is 37.1 Å². The molecular formula is C20H30F2N6O2. The molecule has 1 fully saturated rings. The molecule has 0 saturated carbocycles. The second-order valence-electron chi connectivity index (χ2n) is 7.86. The Balaban J connectivity index is 0.00000181. The number of aromatic nitrogens is 4. The molecule has 1 aliphatic heterocycles. The average molecular weight is 424 g/mol. The molecule has 3 aromatic heterocycles. The van der Waals surface area contributed by atoms with Gasteiger partial charge in [-0.05, 0) is 19.1 Å². The number of hydrogen-bond acceptors (Lipinski definition) is 7. The van der Waals surface area contributed by atoms with Crippen molar-refractivity contribution < 1.29 is 23.3 Å². The summed E-state index contributed by atoms with van der Waals surface area (Å²) in [4.78, 5) is 10.1. The monoisotopic (exact) mass is 424 g/mol. The summed E-state index contributed by atoms with van der Waals surface area (Å²) in [5, 5.41) is 30.9. The molecule has 3 atom stereocenters. The number of fused-ring (bicyclic) bond motifs is 1. The van der Waals surface area contributed by atoms with Gasteiger partial charge in [0.15, 0.2) is 23.1 Å². The van der Waals surface area contributed by atoms with Crippen LogP contribution in [0.15, 0.2) is 24.4 Å².